The minimum Gasteiger partial charge on any atom is -0.483 e. The number of carbonyl (C=O) groups is 1. The molecular formula is C20H27N3O2S. The largest absolute Gasteiger partial charge is 0.483 e. The number of carbonyl (C=O) groups excluding carboxylic acids is 1. The van der Waals surface area contributed by atoms with Gasteiger partial charge in [-0.3, -0.25) is 10.1 Å². The number of hydrogen-bond acceptors (Lipinski definition) is 5. The number of benzene rings is 1. The van der Waals surface area contributed by atoms with E-state index >= 15 is 0 Å². The van der Waals surface area contributed by atoms with E-state index in [1.54, 1.807) is 0 Å². The first-order valence-corrected chi connectivity index (χ1v) is 10.1. The molecule has 1 amide bonds. The summed E-state index contributed by atoms with van der Waals surface area (Å²) in [6.45, 7) is 6.35. The molecule has 140 valence electrons. The number of aromatic nitrogens is 2. The summed E-state index contributed by atoms with van der Waals surface area (Å²) in [5.74, 6) is 1.04. The number of nitrogens with one attached hydrogen (secondary N) is 1. The number of hydrogen-bond donors (Lipinski definition) is 1. The van der Waals surface area contributed by atoms with Crippen LogP contribution in [0.3, 0.4) is 0 Å². The zero-order chi connectivity index (χ0) is 18.6. The Balaban J connectivity index is 1.56. The number of nitrogens with zero attached hydrogens (tertiary/aromatic N) is 2. The molecule has 2 aromatic rings. The lowest BCUT2D eigenvalue weighted by atomic mass is 9.86. The highest BCUT2D eigenvalue weighted by Crippen LogP contribution is 2.35. The van der Waals surface area contributed by atoms with Crippen molar-refractivity contribution in [3.05, 3.63) is 34.8 Å². The predicted molar refractivity (Wildman–Crippen MR) is 105 cm³/mol. The fourth-order valence-corrected chi connectivity index (χ4v) is 4.24. The van der Waals surface area contributed by atoms with Crippen molar-refractivity contribution in [2.24, 2.45) is 0 Å². The zero-order valence-corrected chi connectivity index (χ0v) is 16.6. The van der Waals surface area contributed by atoms with Gasteiger partial charge in [-0.15, -0.1) is 10.2 Å². The third-order valence-corrected chi connectivity index (χ3v) is 5.70. The summed E-state index contributed by atoms with van der Waals surface area (Å²) in [4.78, 5) is 12.2. The van der Waals surface area contributed by atoms with Crippen LogP contribution in [0.2, 0.25) is 0 Å². The predicted octanol–water partition coefficient (Wildman–Crippen LogP) is 4.90. The second-order valence-corrected chi connectivity index (χ2v) is 8.87. The third kappa shape index (κ3) is 4.81. The summed E-state index contributed by atoms with van der Waals surface area (Å²) in [5.41, 5.74) is 1.05. The monoisotopic (exact) mass is 373 g/mol. The Bertz CT molecular complexity index is 746. The summed E-state index contributed by atoms with van der Waals surface area (Å²) in [5, 5.41) is 12.8. The van der Waals surface area contributed by atoms with Gasteiger partial charge in [0, 0.05) is 5.92 Å². The second-order valence-electron chi connectivity index (χ2n) is 7.86. The average Bonchev–Trinajstić information content (AvgIpc) is 3.09. The number of para-hydroxylation sites is 1. The van der Waals surface area contributed by atoms with E-state index < -0.39 is 0 Å². The van der Waals surface area contributed by atoms with Crippen molar-refractivity contribution in [3.63, 3.8) is 0 Å². The summed E-state index contributed by atoms with van der Waals surface area (Å²) >= 11 is 1.49. The van der Waals surface area contributed by atoms with Crippen molar-refractivity contribution < 1.29 is 9.53 Å². The van der Waals surface area contributed by atoms with Crippen LogP contribution >= 0.6 is 11.3 Å². The lowest BCUT2D eigenvalue weighted by Gasteiger charge is -2.22. The maximum absolute atomic E-state index is 12.2. The first kappa shape index (κ1) is 18.8. The van der Waals surface area contributed by atoms with Gasteiger partial charge in [0.2, 0.25) is 5.13 Å². The Morgan fingerprint density at radius 2 is 1.92 bits per heavy atom. The van der Waals surface area contributed by atoms with Crippen molar-refractivity contribution in [1.82, 2.24) is 10.2 Å². The standard InChI is InChI=1S/C20H27N3O2S/c1-20(2,3)15-11-7-8-12-16(15)25-13-17(24)21-19-23-22-18(26-19)14-9-5-4-6-10-14/h7-8,11-12,14H,4-6,9-10,13H2,1-3H3,(H,21,23,24). The molecule has 1 aromatic carbocycles. The molecule has 5 nitrogen and oxygen atoms in total. The number of ether oxygens (including phenoxy) is 1. The quantitative estimate of drug-likeness (QED) is 0.809. The van der Waals surface area contributed by atoms with Crippen molar-refractivity contribution >= 4 is 22.4 Å². The lowest BCUT2D eigenvalue weighted by Crippen LogP contribution is -2.21. The van der Waals surface area contributed by atoms with E-state index in [2.05, 4.69) is 36.3 Å². The van der Waals surface area contributed by atoms with Crippen LogP contribution in [0.15, 0.2) is 24.3 Å². The maximum Gasteiger partial charge on any atom is 0.264 e. The second kappa shape index (κ2) is 8.16. The lowest BCUT2D eigenvalue weighted by molar-refractivity contribution is -0.118. The molecule has 0 bridgehead atoms. The molecule has 0 aliphatic heterocycles. The fourth-order valence-electron chi connectivity index (χ4n) is 3.31. The average molecular weight is 374 g/mol. The summed E-state index contributed by atoms with van der Waals surface area (Å²) in [6, 6.07) is 7.85. The van der Waals surface area contributed by atoms with Crippen LogP contribution < -0.4 is 10.1 Å². The van der Waals surface area contributed by atoms with Crippen molar-refractivity contribution in [1.29, 1.82) is 0 Å². The minimum atomic E-state index is -0.208. The zero-order valence-electron chi connectivity index (χ0n) is 15.7. The summed E-state index contributed by atoms with van der Waals surface area (Å²) in [7, 11) is 0. The topological polar surface area (TPSA) is 64.1 Å². The summed E-state index contributed by atoms with van der Waals surface area (Å²) < 4.78 is 5.77. The number of anilines is 1. The molecule has 1 saturated carbocycles. The van der Waals surface area contributed by atoms with Gasteiger partial charge < -0.3 is 4.74 Å². The van der Waals surface area contributed by atoms with E-state index in [1.165, 1.54) is 43.4 Å². The molecule has 6 heteroatoms. The molecule has 1 aliphatic rings. The van der Waals surface area contributed by atoms with E-state index in [0.717, 1.165) is 16.3 Å². The molecule has 0 saturated heterocycles. The Kier molecular flexibility index (Phi) is 5.91. The van der Waals surface area contributed by atoms with E-state index in [1.807, 2.05) is 24.3 Å². The molecule has 0 spiro atoms. The van der Waals surface area contributed by atoms with Crippen molar-refractivity contribution in [3.8, 4) is 5.75 Å². The van der Waals surface area contributed by atoms with E-state index in [9.17, 15) is 4.79 Å². The maximum atomic E-state index is 12.2. The Hall–Kier alpha value is -1.95. The van der Waals surface area contributed by atoms with E-state index in [4.69, 9.17) is 4.74 Å². The molecule has 1 heterocycles. The minimum absolute atomic E-state index is 0.0363. The van der Waals surface area contributed by atoms with E-state index in [0.29, 0.717) is 11.0 Å². The molecule has 0 atom stereocenters. The third-order valence-electron chi connectivity index (χ3n) is 4.70. The molecule has 1 fully saturated rings. The highest BCUT2D eigenvalue weighted by molar-refractivity contribution is 7.15. The molecule has 0 radical (unpaired) electrons. The van der Waals surface area contributed by atoms with Gasteiger partial charge in [0.1, 0.15) is 10.8 Å². The van der Waals surface area contributed by atoms with Gasteiger partial charge in [-0.1, -0.05) is 69.6 Å². The molecule has 26 heavy (non-hydrogen) atoms. The molecule has 1 aromatic heterocycles. The van der Waals surface area contributed by atoms with Gasteiger partial charge >= 0.3 is 0 Å². The Morgan fingerprint density at radius 3 is 2.65 bits per heavy atom. The normalized spacial score (nSPS) is 15.7. The fraction of sp³-hybridized carbons (Fsp3) is 0.550. The van der Waals surface area contributed by atoms with Gasteiger partial charge in [0.15, 0.2) is 6.61 Å². The van der Waals surface area contributed by atoms with Crippen LogP contribution in [-0.4, -0.2) is 22.7 Å². The molecule has 1 aliphatic carbocycles. The van der Waals surface area contributed by atoms with Crippen LogP contribution in [-0.2, 0) is 10.2 Å². The van der Waals surface area contributed by atoms with Crippen LogP contribution in [0.4, 0.5) is 5.13 Å². The van der Waals surface area contributed by atoms with E-state index in [-0.39, 0.29) is 17.9 Å². The van der Waals surface area contributed by atoms with Gasteiger partial charge in [-0.2, -0.15) is 0 Å². The van der Waals surface area contributed by atoms with Crippen LogP contribution in [0, 0.1) is 0 Å². The Labute approximate surface area is 159 Å². The molecule has 3 rings (SSSR count). The smallest absolute Gasteiger partial charge is 0.264 e. The SMILES string of the molecule is CC(C)(C)c1ccccc1OCC(=O)Nc1nnc(C2CCCCC2)s1. The van der Waals surface area contributed by atoms with Crippen LogP contribution in [0.1, 0.15) is 69.4 Å². The van der Waals surface area contributed by atoms with Crippen LogP contribution in [0.25, 0.3) is 0 Å². The molecule has 0 unspecified atom stereocenters. The van der Waals surface area contributed by atoms with Gasteiger partial charge in [-0.25, -0.2) is 0 Å². The summed E-state index contributed by atoms with van der Waals surface area (Å²) in [6.07, 6.45) is 6.18. The van der Waals surface area contributed by atoms with Crippen molar-refractivity contribution in [2.45, 2.75) is 64.2 Å². The first-order valence-electron chi connectivity index (χ1n) is 9.29. The van der Waals surface area contributed by atoms with Gasteiger partial charge in [0.05, 0.1) is 0 Å². The van der Waals surface area contributed by atoms with Crippen LogP contribution in [0.5, 0.6) is 5.75 Å². The number of rotatable bonds is 5. The van der Waals surface area contributed by atoms with Gasteiger partial charge in [0.25, 0.3) is 5.91 Å². The Morgan fingerprint density at radius 1 is 1.19 bits per heavy atom. The number of amides is 1. The highest BCUT2D eigenvalue weighted by Gasteiger charge is 2.21. The molecule has 1 N–H and O–H groups in total. The highest BCUT2D eigenvalue weighted by atomic mass is 32.1. The molecular weight excluding hydrogens is 346 g/mol. The van der Waals surface area contributed by atoms with Gasteiger partial charge in [-0.05, 0) is 29.9 Å². The first-order chi connectivity index (χ1) is 12.4. The van der Waals surface area contributed by atoms with Crippen molar-refractivity contribution in [2.75, 3.05) is 11.9 Å².